The van der Waals surface area contributed by atoms with Crippen LogP contribution >= 0.6 is 23.0 Å². The Morgan fingerprint density at radius 3 is 2.34 bits per heavy atom. The fraction of sp³-hybridized carbons (Fsp3) is 0.600. The number of ether oxygens (including phenoxy) is 1. The molecule has 0 radical (unpaired) electrons. The van der Waals surface area contributed by atoms with Gasteiger partial charge in [0.25, 0.3) is 0 Å². The van der Waals surface area contributed by atoms with Gasteiger partial charge in [0.15, 0.2) is 12.1 Å². The standard InChI is InChI=1S/C10H18N3O13P3/c11-6-1-2-13(10(16)12-6)9-8(15)7(14)5(25-9)3-24-29(22,23)26-28(20,21)4-27(17,18)19/h1-2,5,7-9,14-15H,3-4H2,(H,20,21)(H,22,23)(H2,11,12,16)(H2,17,18,19)/t5-,7+,8+,9-/m0/s1. The normalized spacial score (nSPS) is 29.3. The molecule has 0 saturated carbocycles. The van der Waals surface area contributed by atoms with Crippen LogP contribution in [-0.2, 0) is 27.3 Å². The lowest BCUT2D eigenvalue weighted by molar-refractivity contribution is -0.0540. The topological polar surface area (TPSA) is 261 Å². The Kier molecular flexibility index (Phi) is 7.23. The average Bonchev–Trinajstić information content (AvgIpc) is 2.78. The number of phosphoric ester groups is 1. The lowest BCUT2D eigenvalue weighted by Crippen LogP contribution is -2.36. The Balaban J connectivity index is 2.05. The van der Waals surface area contributed by atoms with E-state index in [4.69, 9.17) is 20.3 Å². The highest BCUT2D eigenvalue weighted by atomic mass is 31.3. The van der Waals surface area contributed by atoms with Crippen molar-refractivity contribution in [2.75, 3.05) is 18.2 Å². The molecule has 8 N–H and O–H groups in total. The summed E-state index contributed by atoms with van der Waals surface area (Å²) < 4.78 is 48.3. The van der Waals surface area contributed by atoms with Crippen LogP contribution in [0.5, 0.6) is 0 Å². The van der Waals surface area contributed by atoms with Crippen molar-refractivity contribution in [1.82, 2.24) is 9.55 Å². The van der Waals surface area contributed by atoms with Crippen LogP contribution < -0.4 is 11.4 Å². The molecule has 0 aliphatic carbocycles. The third kappa shape index (κ3) is 6.76. The number of anilines is 1. The number of rotatable bonds is 8. The van der Waals surface area contributed by atoms with E-state index >= 15 is 0 Å². The van der Waals surface area contributed by atoms with E-state index in [9.17, 15) is 38.5 Å². The molecule has 16 nitrogen and oxygen atoms in total. The molecule has 2 unspecified atom stereocenters. The predicted octanol–water partition coefficient (Wildman–Crippen LogP) is -2.10. The van der Waals surface area contributed by atoms with Crippen molar-refractivity contribution in [3.8, 4) is 0 Å². The zero-order chi connectivity index (χ0) is 22.2. The zero-order valence-electron chi connectivity index (χ0n) is 14.2. The Labute approximate surface area is 161 Å². The summed E-state index contributed by atoms with van der Waals surface area (Å²) in [6.07, 6.45) is -5.25. The van der Waals surface area contributed by atoms with Gasteiger partial charge in [-0.05, 0) is 6.07 Å². The van der Waals surface area contributed by atoms with Crippen LogP contribution in [-0.4, -0.2) is 70.2 Å². The minimum atomic E-state index is -5.33. The summed E-state index contributed by atoms with van der Waals surface area (Å²) in [4.78, 5) is 51.3. The van der Waals surface area contributed by atoms with E-state index < -0.39 is 65.8 Å². The number of phosphoric acid groups is 1. The largest absolute Gasteiger partial charge is 0.479 e. The van der Waals surface area contributed by atoms with Gasteiger partial charge in [-0.25, -0.2) is 13.7 Å². The first kappa shape index (κ1) is 24.3. The number of nitrogen functional groups attached to an aromatic ring is 1. The Morgan fingerprint density at radius 1 is 1.17 bits per heavy atom. The monoisotopic (exact) mass is 481 g/mol. The molecule has 1 aromatic rings. The van der Waals surface area contributed by atoms with Crippen LogP contribution in [0.25, 0.3) is 0 Å². The first-order valence-electron chi connectivity index (χ1n) is 7.51. The predicted molar refractivity (Wildman–Crippen MR) is 92.4 cm³/mol. The molecular formula is C10H18N3O13P3. The Morgan fingerprint density at radius 2 is 1.79 bits per heavy atom. The summed E-state index contributed by atoms with van der Waals surface area (Å²) in [5, 5.41) is 20.0. The fourth-order valence-electron chi connectivity index (χ4n) is 2.33. The second-order valence-electron chi connectivity index (χ2n) is 5.88. The molecule has 6 atom stereocenters. The average molecular weight is 481 g/mol. The van der Waals surface area contributed by atoms with E-state index in [-0.39, 0.29) is 5.82 Å². The maximum absolute atomic E-state index is 11.8. The van der Waals surface area contributed by atoms with Gasteiger partial charge in [-0.15, -0.1) is 0 Å². The number of aromatic nitrogens is 2. The molecule has 2 rings (SSSR count). The van der Waals surface area contributed by atoms with Crippen LogP contribution in [0.4, 0.5) is 5.82 Å². The number of aliphatic hydroxyl groups is 2. The summed E-state index contributed by atoms with van der Waals surface area (Å²) in [6, 6.07) is 1.21. The highest BCUT2D eigenvalue weighted by Crippen LogP contribution is 2.65. The SMILES string of the molecule is Nc1ccn([C@H]2O[C@@H](COP(=O)(O)OP(=O)(O)CP(=O)(O)O)[C@@H](O)[C@H]2O)c(=O)n1. The molecule has 0 bridgehead atoms. The minimum absolute atomic E-state index is 0.110. The van der Waals surface area contributed by atoms with Crippen LogP contribution in [0.15, 0.2) is 17.1 Å². The fourth-order valence-corrected chi connectivity index (χ4v) is 6.67. The maximum atomic E-state index is 11.8. The molecule has 0 aromatic carbocycles. The first-order valence-corrected chi connectivity index (χ1v) is 12.6. The highest BCUT2D eigenvalue weighted by Gasteiger charge is 2.46. The van der Waals surface area contributed by atoms with Crippen LogP contribution in [0.1, 0.15) is 6.23 Å². The van der Waals surface area contributed by atoms with Gasteiger partial charge < -0.3 is 40.3 Å². The van der Waals surface area contributed by atoms with E-state index in [2.05, 4.69) is 13.8 Å². The number of nitrogens with two attached hydrogens (primary N) is 1. The highest BCUT2D eigenvalue weighted by molar-refractivity contribution is 7.73. The number of hydrogen-bond donors (Lipinski definition) is 7. The van der Waals surface area contributed by atoms with Crippen molar-refractivity contribution in [1.29, 1.82) is 0 Å². The molecule has 1 aliphatic rings. The van der Waals surface area contributed by atoms with E-state index in [1.807, 2.05) is 0 Å². The lowest BCUT2D eigenvalue weighted by atomic mass is 10.1. The first-order chi connectivity index (χ1) is 13.1. The van der Waals surface area contributed by atoms with E-state index in [1.54, 1.807) is 0 Å². The molecule has 19 heteroatoms. The second kappa shape index (κ2) is 8.63. The molecule has 0 spiro atoms. The summed E-state index contributed by atoms with van der Waals surface area (Å²) >= 11 is 0. The molecule has 1 saturated heterocycles. The van der Waals surface area contributed by atoms with Gasteiger partial charge in [0.1, 0.15) is 24.1 Å². The summed E-state index contributed by atoms with van der Waals surface area (Å²) in [7, 11) is -15.6. The lowest BCUT2D eigenvalue weighted by Gasteiger charge is -2.19. The van der Waals surface area contributed by atoms with Gasteiger partial charge in [-0.3, -0.25) is 18.2 Å². The quantitative estimate of drug-likeness (QED) is 0.196. The van der Waals surface area contributed by atoms with Crippen molar-refractivity contribution in [3.63, 3.8) is 0 Å². The summed E-state index contributed by atoms with van der Waals surface area (Å²) in [5.74, 6) is -1.84. The zero-order valence-corrected chi connectivity index (χ0v) is 16.9. The van der Waals surface area contributed by atoms with Gasteiger partial charge >= 0.3 is 28.7 Å². The van der Waals surface area contributed by atoms with E-state index in [0.29, 0.717) is 0 Å². The van der Waals surface area contributed by atoms with Crippen molar-refractivity contribution in [2.45, 2.75) is 24.5 Å². The molecule has 166 valence electrons. The Hall–Kier alpha value is -0.990. The van der Waals surface area contributed by atoms with Crippen molar-refractivity contribution >= 4 is 28.8 Å². The molecule has 1 fully saturated rings. The third-order valence-electron chi connectivity index (χ3n) is 3.46. The van der Waals surface area contributed by atoms with Crippen molar-refractivity contribution < 1.29 is 57.1 Å². The van der Waals surface area contributed by atoms with Gasteiger partial charge in [0.2, 0.25) is 0 Å². The van der Waals surface area contributed by atoms with E-state index in [0.717, 1.165) is 10.8 Å². The third-order valence-corrected chi connectivity index (χ3v) is 8.68. The van der Waals surface area contributed by atoms with Gasteiger partial charge in [-0.2, -0.15) is 4.98 Å². The molecule has 1 aliphatic heterocycles. The molecule has 1 aromatic heterocycles. The van der Waals surface area contributed by atoms with E-state index in [1.165, 1.54) is 6.07 Å². The second-order valence-corrected chi connectivity index (χ2v) is 11.5. The molecule has 2 heterocycles. The maximum Gasteiger partial charge on any atom is 0.479 e. The number of nitrogens with zero attached hydrogens (tertiary/aromatic N) is 2. The Bertz CT molecular complexity index is 946. The van der Waals surface area contributed by atoms with Crippen LogP contribution in [0.3, 0.4) is 0 Å². The van der Waals surface area contributed by atoms with Gasteiger partial charge in [-0.1, -0.05) is 0 Å². The van der Waals surface area contributed by atoms with Crippen molar-refractivity contribution in [2.24, 2.45) is 0 Å². The number of hydrogen-bond acceptors (Lipinski definition) is 11. The summed E-state index contributed by atoms with van der Waals surface area (Å²) in [6.45, 7) is -0.963. The van der Waals surface area contributed by atoms with Gasteiger partial charge in [0, 0.05) is 6.20 Å². The van der Waals surface area contributed by atoms with Crippen LogP contribution in [0.2, 0.25) is 0 Å². The number of aliphatic hydroxyl groups excluding tert-OH is 2. The molecule has 29 heavy (non-hydrogen) atoms. The molecular weight excluding hydrogens is 463 g/mol. The van der Waals surface area contributed by atoms with Crippen LogP contribution in [0, 0.1) is 0 Å². The molecule has 0 amide bonds. The smallest absolute Gasteiger partial charge is 0.387 e. The summed E-state index contributed by atoms with van der Waals surface area (Å²) in [5.41, 5.74) is 4.42. The minimum Gasteiger partial charge on any atom is -0.387 e. The van der Waals surface area contributed by atoms with Crippen molar-refractivity contribution in [3.05, 3.63) is 22.7 Å². The van der Waals surface area contributed by atoms with Gasteiger partial charge in [0.05, 0.1) is 6.61 Å².